The SMILES string of the molecule is CN(C)CCNC(=O)c1ccc(CNC(=O)C2CC23CCNCC3)cc1.Cl.Cl. The number of nitrogens with zero attached hydrogens (tertiary/aromatic N) is 1. The summed E-state index contributed by atoms with van der Waals surface area (Å²) in [6, 6.07) is 7.46. The Kier molecular flexibility index (Phi) is 9.70. The second-order valence-corrected chi connectivity index (χ2v) is 7.84. The van der Waals surface area contributed by atoms with E-state index in [1.54, 1.807) is 0 Å². The van der Waals surface area contributed by atoms with E-state index in [0.29, 0.717) is 18.7 Å². The standard InChI is InChI=1S/C20H30N4O2.2ClH/c1-24(2)12-11-22-18(25)16-5-3-15(4-6-16)14-23-19(26)17-13-20(17)7-9-21-10-8-20;;/h3-6,17,21H,7-14H2,1-2H3,(H,22,25)(H,23,26);2*1H. The van der Waals surface area contributed by atoms with Gasteiger partial charge in [0.25, 0.3) is 5.91 Å². The van der Waals surface area contributed by atoms with Crippen molar-refractivity contribution in [2.75, 3.05) is 40.3 Å². The predicted molar refractivity (Wildman–Crippen MR) is 116 cm³/mol. The van der Waals surface area contributed by atoms with E-state index in [0.717, 1.165) is 44.5 Å². The Hall–Kier alpha value is -1.34. The number of amides is 2. The van der Waals surface area contributed by atoms with E-state index in [2.05, 4.69) is 16.0 Å². The molecule has 0 bridgehead atoms. The molecule has 2 fully saturated rings. The van der Waals surface area contributed by atoms with Crippen LogP contribution in [0.1, 0.15) is 35.2 Å². The zero-order valence-electron chi connectivity index (χ0n) is 16.6. The van der Waals surface area contributed by atoms with Gasteiger partial charge in [-0.3, -0.25) is 9.59 Å². The van der Waals surface area contributed by atoms with Gasteiger partial charge in [-0.1, -0.05) is 12.1 Å². The maximum absolute atomic E-state index is 12.4. The normalized spacial score (nSPS) is 19.3. The molecule has 1 saturated carbocycles. The van der Waals surface area contributed by atoms with Gasteiger partial charge in [-0.15, -0.1) is 24.8 Å². The molecule has 0 aromatic heterocycles. The second kappa shape index (κ2) is 11.0. The fourth-order valence-corrected chi connectivity index (χ4v) is 3.78. The highest BCUT2D eigenvalue weighted by Gasteiger charge is 2.57. The zero-order chi connectivity index (χ0) is 18.6. The van der Waals surface area contributed by atoms with Crippen molar-refractivity contribution in [1.29, 1.82) is 0 Å². The van der Waals surface area contributed by atoms with E-state index in [-0.39, 0.29) is 48.0 Å². The van der Waals surface area contributed by atoms with Crippen molar-refractivity contribution in [2.45, 2.75) is 25.8 Å². The lowest BCUT2D eigenvalue weighted by Crippen LogP contribution is -2.33. The molecule has 1 atom stereocenters. The number of benzene rings is 1. The van der Waals surface area contributed by atoms with Crippen molar-refractivity contribution >= 4 is 36.6 Å². The van der Waals surface area contributed by atoms with Gasteiger partial charge in [0, 0.05) is 31.1 Å². The Labute approximate surface area is 180 Å². The van der Waals surface area contributed by atoms with Crippen LogP contribution in [0.2, 0.25) is 0 Å². The van der Waals surface area contributed by atoms with E-state index in [4.69, 9.17) is 0 Å². The molecule has 1 aliphatic carbocycles. The smallest absolute Gasteiger partial charge is 0.251 e. The average Bonchev–Trinajstić information content (AvgIpc) is 3.33. The third kappa shape index (κ3) is 6.34. The Balaban J connectivity index is 0.00000196. The van der Waals surface area contributed by atoms with Gasteiger partial charge < -0.3 is 20.9 Å². The van der Waals surface area contributed by atoms with Crippen molar-refractivity contribution in [3.8, 4) is 0 Å². The summed E-state index contributed by atoms with van der Waals surface area (Å²) in [6.07, 6.45) is 3.26. The number of nitrogens with one attached hydrogen (secondary N) is 3. The summed E-state index contributed by atoms with van der Waals surface area (Å²) < 4.78 is 0. The first-order chi connectivity index (χ1) is 12.5. The van der Waals surface area contributed by atoms with Gasteiger partial charge in [-0.05, 0) is 69.6 Å². The zero-order valence-corrected chi connectivity index (χ0v) is 18.3. The lowest BCUT2D eigenvalue weighted by molar-refractivity contribution is -0.123. The topological polar surface area (TPSA) is 73.5 Å². The fourth-order valence-electron chi connectivity index (χ4n) is 3.78. The second-order valence-electron chi connectivity index (χ2n) is 7.84. The van der Waals surface area contributed by atoms with Crippen LogP contribution < -0.4 is 16.0 Å². The van der Waals surface area contributed by atoms with Crippen LogP contribution in [0.3, 0.4) is 0 Å². The molecule has 3 rings (SSSR count). The van der Waals surface area contributed by atoms with Crippen molar-refractivity contribution in [2.24, 2.45) is 11.3 Å². The molecule has 2 amide bonds. The minimum Gasteiger partial charge on any atom is -0.352 e. The maximum atomic E-state index is 12.4. The van der Waals surface area contributed by atoms with Crippen LogP contribution in [-0.4, -0.2) is 57.0 Å². The van der Waals surface area contributed by atoms with Gasteiger partial charge >= 0.3 is 0 Å². The number of carbonyl (C=O) groups is 2. The molecular weight excluding hydrogens is 399 g/mol. The van der Waals surface area contributed by atoms with Crippen molar-refractivity contribution < 1.29 is 9.59 Å². The Bertz CT molecular complexity index is 646. The Morgan fingerprint density at radius 2 is 1.75 bits per heavy atom. The van der Waals surface area contributed by atoms with E-state index >= 15 is 0 Å². The summed E-state index contributed by atoms with van der Waals surface area (Å²) in [6.45, 7) is 4.02. The third-order valence-electron chi connectivity index (χ3n) is 5.63. The Morgan fingerprint density at radius 3 is 2.36 bits per heavy atom. The molecule has 28 heavy (non-hydrogen) atoms. The molecule has 1 unspecified atom stereocenters. The first kappa shape index (κ1) is 24.7. The maximum Gasteiger partial charge on any atom is 0.251 e. The number of piperidine rings is 1. The molecule has 1 aromatic carbocycles. The summed E-state index contributed by atoms with van der Waals surface area (Å²) in [5.41, 5.74) is 1.93. The van der Waals surface area contributed by atoms with Crippen molar-refractivity contribution in [1.82, 2.24) is 20.9 Å². The van der Waals surface area contributed by atoms with E-state index < -0.39 is 0 Å². The highest BCUT2D eigenvalue weighted by atomic mass is 35.5. The van der Waals surface area contributed by atoms with Gasteiger partial charge in [-0.25, -0.2) is 0 Å². The summed E-state index contributed by atoms with van der Waals surface area (Å²) >= 11 is 0. The minimum atomic E-state index is -0.0618. The molecule has 158 valence electrons. The van der Waals surface area contributed by atoms with Gasteiger partial charge in [0.05, 0.1) is 0 Å². The monoisotopic (exact) mass is 430 g/mol. The number of likely N-dealkylation sites (N-methyl/N-ethyl adjacent to an activating group) is 1. The molecule has 6 nitrogen and oxygen atoms in total. The van der Waals surface area contributed by atoms with Crippen molar-refractivity contribution in [3.63, 3.8) is 0 Å². The van der Waals surface area contributed by atoms with Crippen LogP contribution >= 0.6 is 24.8 Å². The molecule has 1 aromatic rings. The first-order valence-electron chi connectivity index (χ1n) is 9.50. The lowest BCUT2D eigenvalue weighted by Gasteiger charge is -2.23. The molecule has 1 spiro atoms. The summed E-state index contributed by atoms with van der Waals surface area (Å²) in [5.74, 6) is 0.303. The number of hydrogen-bond donors (Lipinski definition) is 3. The van der Waals surface area contributed by atoms with E-state index in [1.807, 2.05) is 43.3 Å². The van der Waals surface area contributed by atoms with Crippen LogP contribution in [0.25, 0.3) is 0 Å². The summed E-state index contributed by atoms with van der Waals surface area (Å²) in [5, 5.41) is 9.33. The number of rotatable bonds is 7. The molecule has 0 radical (unpaired) electrons. The molecule has 2 aliphatic rings. The Morgan fingerprint density at radius 1 is 1.11 bits per heavy atom. The third-order valence-corrected chi connectivity index (χ3v) is 5.63. The van der Waals surface area contributed by atoms with Crippen LogP contribution in [0, 0.1) is 11.3 Å². The minimum absolute atomic E-state index is 0. The summed E-state index contributed by atoms with van der Waals surface area (Å²) in [7, 11) is 3.95. The molecule has 8 heteroatoms. The number of carbonyl (C=O) groups excluding carboxylic acids is 2. The first-order valence-corrected chi connectivity index (χ1v) is 9.50. The highest BCUT2D eigenvalue weighted by Crippen LogP contribution is 2.58. The number of hydrogen-bond acceptors (Lipinski definition) is 4. The van der Waals surface area contributed by atoms with Crippen LogP contribution in [0.5, 0.6) is 0 Å². The largest absolute Gasteiger partial charge is 0.352 e. The van der Waals surface area contributed by atoms with Gasteiger partial charge in [0.15, 0.2) is 0 Å². The molecular formula is C20H32Cl2N4O2. The molecule has 3 N–H and O–H groups in total. The number of halogens is 2. The molecule has 1 heterocycles. The molecule has 1 aliphatic heterocycles. The molecule has 1 saturated heterocycles. The quantitative estimate of drug-likeness (QED) is 0.616. The van der Waals surface area contributed by atoms with Gasteiger partial charge in [0.2, 0.25) is 5.91 Å². The summed E-state index contributed by atoms with van der Waals surface area (Å²) in [4.78, 5) is 26.5. The van der Waals surface area contributed by atoms with Crippen molar-refractivity contribution in [3.05, 3.63) is 35.4 Å². The predicted octanol–water partition coefficient (Wildman–Crippen LogP) is 1.83. The lowest BCUT2D eigenvalue weighted by atomic mass is 9.92. The van der Waals surface area contributed by atoms with E-state index in [9.17, 15) is 9.59 Å². The highest BCUT2D eigenvalue weighted by molar-refractivity contribution is 5.94. The van der Waals surface area contributed by atoms with Gasteiger partial charge in [0.1, 0.15) is 0 Å². The fraction of sp³-hybridized carbons (Fsp3) is 0.600. The van der Waals surface area contributed by atoms with E-state index in [1.165, 1.54) is 0 Å². The van der Waals surface area contributed by atoms with Gasteiger partial charge in [-0.2, -0.15) is 0 Å². The van der Waals surface area contributed by atoms with Crippen LogP contribution in [0.15, 0.2) is 24.3 Å². The van der Waals surface area contributed by atoms with Crippen LogP contribution in [0.4, 0.5) is 0 Å². The van der Waals surface area contributed by atoms with Crippen LogP contribution in [-0.2, 0) is 11.3 Å². The average molecular weight is 431 g/mol.